The molecule has 0 aliphatic carbocycles. The Morgan fingerprint density at radius 1 is 1.33 bits per heavy atom. The highest BCUT2D eigenvalue weighted by molar-refractivity contribution is 9.10. The number of sulfonamides is 1. The molecule has 0 atom stereocenters. The maximum Gasteiger partial charge on any atom is 0.371 e. The van der Waals surface area contributed by atoms with Gasteiger partial charge in [0, 0.05) is 0 Å². The van der Waals surface area contributed by atoms with Gasteiger partial charge >= 0.3 is 5.97 Å². The van der Waals surface area contributed by atoms with Crippen LogP contribution in [-0.4, -0.2) is 26.6 Å². The van der Waals surface area contributed by atoms with E-state index in [1.165, 1.54) is 19.2 Å². The smallest absolute Gasteiger partial charge is 0.371 e. The van der Waals surface area contributed by atoms with Crippen LogP contribution in [0.5, 0.6) is 5.75 Å². The molecule has 2 aromatic rings. The van der Waals surface area contributed by atoms with Crippen molar-refractivity contribution in [2.45, 2.75) is 5.09 Å². The van der Waals surface area contributed by atoms with Crippen molar-refractivity contribution in [1.29, 1.82) is 0 Å². The van der Waals surface area contributed by atoms with Crippen molar-refractivity contribution in [3.05, 3.63) is 40.6 Å². The van der Waals surface area contributed by atoms with E-state index in [1.54, 1.807) is 6.07 Å². The number of carboxylic acids is 1. The van der Waals surface area contributed by atoms with Crippen molar-refractivity contribution >= 4 is 37.6 Å². The Bertz CT molecular complexity index is 783. The summed E-state index contributed by atoms with van der Waals surface area (Å²) in [6.45, 7) is 0. The number of furan rings is 1. The first kappa shape index (κ1) is 15.4. The second-order valence-corrected chi connectivity index (χ2v) is 6.35. The lowest BCUT2D eigenvalue weighted by molar-refractivity contribution is 0.0656. The van der Waals surface area contributed by atoms with Crippen LogP contribution in [0.1, 0.15) is 10.6 Å². The number of halogens is 1. The van der Waals surface area contributed by atoms with Crippen LogP contribution in [-0.2, 0) is 10.0 Å². The summed E-state index contributed by atoms with van der Waals surface area (Å²) in [5, 5.41) is 8.24. The van der Waals surface area contributed by atoms with E-state index in [4.69, 9.17) is 14.3 Å². The molecule has 2 N–H and O–H groups in total. The maximum atomic E-state index is 12.1. The first-order valence-electron chi connectivity index (χ1n) is 5.53. The van der Waals surface area contributed by atoms with Crippen molar-refractivity contribution in [3.8, 4) is 5.75 Å². The molecule has 1 aromatic carbocycles. The van der Waals surface area contributed by atoms with Crippen molar-refractivity contribution in [2.24, 2.45) is 0 Å². The Morgan fingerprint density at radius 3 is 2.57 bits per heavy atom. The first-order valence-corrected chi connectivity index (χ1v) is 7.80. The average molecular weight is 376 g/mol. The van der Waals surface area contributed by atoms with E-state index in [9.17, 15) is 13.2 Å². The Kier molecular flexibility index (Phi) is 4.24. The number of methoxy groups -OCH3 is 1. The van der Waals surface area contributed by atoms with Crippen LogP contribution in [0.25, 0.3) is 0 Å². The molecule has 0 spiro atoms. The molecule has 0 fully saturated rings. The van der Waals surface area contributed by atoms with Gasteiger partial charge in [0.15, 0.2) is 0 Å². The lowest BCUT2D eigenvalue weighted by Gasteiger charge is -2.08. The van der Waals surface area contributed by atoms with Crippen LogP contribution >= 0.6 is 15.9 Å². The minimum Gasteiger partial charge on any atom is -0.496 e. The molecule has 0 amide bonds. The average Bonchev–Trinajstić information content (AvgIpc) is 2.89. The summed E-state index contributed by atoms with van der Waals surface area (Å²) < 4.78 is 36.8. The van der Waals surface area contributed by atoms with E-state index >= 15 is 0 Å². The van der Waals surface area contributed by atoms with E-state index in [1.807, 2.05) is 0 Å². The number of nitrogens with one attached hydrogen (secondary N) is 1. The zero-order valence-corrected chi connectivity index (χ0v) is 13.1. The van der Waals surface area contributed by atoms with Gasteiger partial charge in [0.1, 0.15) is 5.75 Å². The normalized spacial score (nSPS) is 11.1. The van der Waals surface area contributed by atoms with Crippen LogP contribution in [0.2, 0.25) is 0 Å². The molecular formula is C12H10BrNO6S. The van der Waals surface area contributed by atoms with E-state index in [-0.39, 0.29) is 5.69 Å². The summed E-state index contributed by atoms with van der Waals surface area (Å²) in [5.41, 5.74) is 0.274. The van der Waals surface area contributed by atoms with Gasteiger partial charge in [-0.2, -0.15) is 8.42 Å². The topological polar surface area (TPSA) is 106 Å². The van der Waals surface area contributed by atoms with Gasteiger partial charge in [-0.15, -0.1) is 0 Å². The van der Waals surface area contributed by atoms with Crippen LogP contribution in [0.15, 0.2) is 44.3 Å². The third-order valence-corrected chi connectivity index (χ3v) is 4.33. The number of rotatable bonds is 5. The summed E-state index contributed by atoms with van der Waals surface area (Å²) >= 11 is 3.23. The summed E-state index contributed by atoms with van der Waals surface area (Å²) in [4.78, 5) is 10.7. The number of benzene rings is 1. The predicted octanol–water partition coefficient (Wildman–Crippen LogP) is 2.55. The molecule has 1 aromatic heterocycles. The SMILES string of the molecule is COc1ccc(NS(=O)(=O)c2ccc(C(=O)O)o2)cc1Br. The molecule has 0 saturated heterocycles. The van der Waals surface area contributed by atoms with Gasteiger partial charge in [-0.3, -0.25) is 4.72 Å². The zero-order valence-electron chi connectivity index (χ0n) is 10.7. The van der Waals surface area contributed by atoms with Gasteiger partial charge in [-0.25, -0.2) is 4.79 Å². The second-order valence-electron chi connectivity index (χ2n) is 3.88. The van der Waals surface area contributed by atoms with E-state index in [2.05, 4.69) is 20.7 Å². The second kappa shape index (κ2) is 5.78. The number of hydrogen-bond donors (Lipinski definition) is 2. The molecular weight excluding hydrogens is 366 g/mol. The predicted molar refractivity (Wildman–Crippen MR) is 77.2 cm³/mol. The lowest BCUT2D eigenvalue weighted by Crippen LogP contribution is -2.12. The van der Waals surface area contributed by atoms with Crippen LogP contribution in [0, 0.1) is 0 Å². The summed E-state index contributed by atoms with van der Waals surface area (Å²) in [5.74, 6) is -1.25. The van der Waals surface area contributed by atoms with Gasteiger partial charge in [-0.1, -0.05) is 0 Å². The summed E-state index contributed by atoms with van der Waals surface area (Å²) in [7, 11) is -2.52. The molecule has 0 saturated carbocycles. The molecule has 0 unspecified atom stereocenters. The van der Waals surface area contributed by atoms with Crippen molar-refractivity contribution in [2.75, 3.05) is 11.8 Å². The van der Waals surface area contributed by atoms with Crippen molar-refractivity contribution in [1.82, 2.24) is 0 Å². The minimum absolute atomic E-state index is 0.274. The van der Waals surface area contributed by atoms with Crippen molar-refractivity contribution < 1.29 is 27.5 Å². The third kappa shape index (κ3) is 3.37. The van der Waals surface area contributed by atoms with Gasteiger partial charge in [0.25, 0.3) is 10.0 Å². The fraction of sp³-hybridized carbons (Fsp3) is 0.0833. The Labute approximate surface area is 128 Å². The first-order chi connectivity index (χ1) is 9.83. The fourth-order valence-electron chi connectivity index (χ4n) is 1.51. The number of ether oxygens (including phenoxy) is 1. The number of carbonyl (C=O) groups is 1. The maximum absolute atomic E-state index is 12.1. The molecule has 0 aliphatic heterocycles. The minimum atomic E-state index is -4.00. The van der Waals surface area contributed by atoms with Gasteiger partial charge in [-0.05, 0) is 46.3 Å². The summed E-state index contributed by atoms with van der Waals surface area (Å²) in [6, 6.07) is 6.73. The Morgan fingerprint density at radius 2 is 2.05 bits per heavy atom. The molecule has 0 bridgehead atoms. The lowest BCUT2D eigenvalue weighted by atomic mass is 10.3. The quantitative estimate of drug-likeness (QED) is 0.831. The molecule has 0 radical (unpaired) electrons. The highest BCUT2D eigenvalue weighted by Crippen LogP contribution is 2.29. The van der Waals surface area contributed by atoms with Crippen LogP contribution in [0.3, 0.4) is 0 Å². The molecule has 2 rings (SSSR count). The number of carboxylic acid groups (broad SMARTS) is 1. The molecule has 1 heterocycles. The molecule has 7 nitrogen and oxygen atoms in total. The molecule has 21 heavy (non-hydrogen) atoms. The Hall–Kier alpha value is -2.00. The van der Waals surface area contributed by atoms with Crippen LogP contribution < -0.4 is 9.46 Å². The van der Waals surface area contributed by atoms with Gasteiger partial charge in [0.05, 0.1) is 17.3 Å². The van der Waals surface area contributed by atoms with Crippen LogP contribution in [0.4, 0.5) is 5.69 Å². The highest BCUT2D eigenvalue weighted by Gasteiger charge is 2.21. The number of hydrogen-bond acceptors (Lipinski definition) is 5. The van der Waals surface area contributed by atoms with E-state index in [0.29, 0.717) is 10.2 Å². The fourth-order valence-corrected chi connectivity index (χ4v) is 3.04. The zero-order chi connectivity index (χ0) is 15.6. The van der Waals surface area contributed by atoms with Gasteiger partial charge < -0.3 is 14.3 Å². The number of aromatic carboxylic acids is 1. The van der Waals surface area contributed by atoms with E-state index in [0.717, 1.165) is 12.1 Å². The van der Waals surface area contributed by atoms with Gasteiger partial charge in [0.2, 0.25) is 10.9 Å². The Balaban J connectivity index is 2.28. The highest BCUT2D eigenvalue weighted by atomic mass is 79.9. The molecule has 9 heteroatoms. The summed E-state index contributed by atoms with van der Waals surface area (Å²) in [6.07, 6.45) is 0. The van der Waals surface area contributed by atoms with E-state index < -0.39 is 26.8 Å². The largest absolute Gasteiger partial charge is 0.496 e. The number of anilines is 1. The molecule has 0 aliphatic rings. The molecule has 112 valence electrons. The monoisotopic (exact) mass is 375 g/mol. The van der Waals surface area contributed by atoms with Crippen molar-refractivity contribution in [3.63, 3.8) is 0 Å². The third-order valence-electron chi connectivity index (χ3n) is 2.46. The standard InChI is InChI=1S/C12H10BrNO6S/c1-19-9-3-2-7(6-8(9)13)14-21(17,18)11-5-4-10(20-11)12(15)16/h2-6,14H,1H3,(H,15,16).